The van der Waals surface area contributed by atoms with Gasteiger partial charge in [0.2, 0.25) is 0 Å². The summed E-state index contributed by atoms with van der Waals surface area (Å²) in [5, 5.41) is 11.0. The second-order valence-corrected chi connectivity index (χ2v) is 5.63. The molecule has 0 N–H and O–H groups in total. The highest BCUT2D eigenvalue weighted by molar-refractivity contribution is 8.02. The van der Waals surface area contributed by atoms with Gasteiger partial charge in [-0.1, -0.05) is 17.8 Å². The molecule has 62 valence electrons. The number of nitriles is 1. The third kappa shape index (κ3) is 1.37. The first-order valence-corrected chi connectivity index (χ1v) is 5.68. The number of nitrogens with zero attached hydrogens (tertiary/aromatic N) is 1. The van der Waals surface area contributed by atoms with Gasteiger partial charge < -0.3 is 0 Å². The van der Waals surface area contributed by atoms with Gasteiger partial charge in [-0.2, -0.15) is 5.26 Å². The lowest BCUT2D eigenvalue weighted by Crippen LogP contribution is -2.30. The smallest absolute Gasteiger partial charge is 0.108 e. The molecule has 1 aliphatic carbocycles. The van der Waals surface area contributed by atoms with Crippen LogP contribution in [0.25, 0.3) is 0 Å². The fraction of sp³-hybridized carbons (Fsp3) is 0.444. The molecule has 0 radical (unpaired) electrons. The normalized spacial score (nSPS) is 19.6. The van der Waals surface area contributed by atoms with E-state index in [-0.39, 0.29) is 4.75 Å². The number of thiophene rings is 1. The van der Waals surface area contributed by atoms with Crippen molar-refractivity contribution in [2.45, 2.75) is 28.2 Å². The van der Waals surface area contributed by atoms with Gasteiger partial charge in [-0.05, 0) is 30.7 Å². The van der Waals surface area contributed by atoms with Crippen molar-refractivity contribution < 1.29 is 0 Å². The average Bonchev–Trinajstić information content (AvgIpc) is 2.49. The molecule has 1 nitrogen and oxygen atoms in total. The van der Waals surface area contributed by atoms with Crippen molar-refractivity contribution in [3.05, 3.63) is 17.5 Å². The quantitative estimate of drug-likeness (QED) is 0.723. The molecular weight excluding hydrogens is 186 g/mol. The van der Waals surface area contributed by atoms with Gasteiger partial charge in [-0.3, -0.25) is 0 Å². The SMILES string of the molecule is N#CC1(Sc2cccs2)CCC1. The standard InChI is InChI=1S/C9H9NS2/c10-7-9(4-2-5-9)12-8-3-1-6-11-8/h1,3,6H,2,4-5H2. The van der Waals surface area contributed by atoms with E-state index in [0.29, 0.717) is 0 Å². The van der Waals surface area contributed by atoms with E-state index >= 15 is 0 Å². The Morgan fingerprint density at radius 3 is 2.83 bits per heavy atom. The van der Waals surface area contributed by atoms with Crippen LogP contribution in [0.15, 0.2) is 21.7 Å². The van der Waals surface area contributed by atoms with Crippen LogP contribution < -0.4 is 0 Å². The molecule has 1 aromatic heterocycles. The maximum Gasteiger partial charge on any atom is 0.108 e. The van der Waals surface area contributed by atoms with Gasteiger partial charge in [-0.25, -0.2) is 0 Å². The Hall–Kier alpha value is -0.460. The van der Waals surface area contributed by atoms with Gasteiger partial charge in [0.25, 0.3) is 0 Å². The zero-order valence-corrected chi connectivity index (χ0v) is 8.25. The van der Waals surface area contributed by atoms with E-state index in [0.717, 1.165) is 12.8 Å². The molecule has 0 saturated heterocycles. The summed E-state index contributed by atoms with van der Waals surface area (Å²) in [4.78, 5) is 0. The van der Waals surface area contributed by atoms with Gasteiger partial charge in [-0.15, -0.1) is 11.3 Å². The van der Waals surface area contributed by atoms with Crippen molar-refractivity contribution in [2.24, 2.45) is 0 Å². The maximum absolute atomic E-state index is 8.97. The Morgan fingerprint density at radius 2 is 2.42 bits per heavy atom. The minimum absolute atomic E-state index is 0.0785. The van der Waals surface area contributed by atoms with E-state index in [1.165, 1.54) is 10.6 Å². The summed E-state index contributed by atoms with van der Waals surface area (Å²) in [6.07, 6.45) is 3.34. The second kappa shape index (κ2) is 3.12. The summed E-state index contributed by atoms with van der Waals surface area (Å²) in [6.45, 7) is 0. The first kappa shape index (κ1) is 8.15. The molecule has 1 heterocycles. The molecule has 0 spiro atoms. The summed E-state index contributed by atoms with van der Waals surface area (Å²) in [5.41, 5.74) is 0. The zero-order valence-electron chi connectivity index (χ0n) is 6.62. The third-order valence-electron chi connectivity index (χ3n) is 2.16. The van der Waals surface area contributed by atoms with Crippen molar-refractivity contribution in [1.82, 2.24) is 0 Å². The minimum atomic E-state index is -0.0785. The van der Waals surface area contributed by atoms with Crippen LogP contribution in [0, 0.1) is 11.3 Å². The summed E-state index contributed by atoms with van der Waals surface area (Å²) in [6, 6.07) is 6.55. The van der Waals surface area contributed by atoms with Gasteiger partial charge in [0.1, 0.15) is 4.75 Å². The highest BCUT2D eigenvalue weighted by Crippen LogP contribution is 2.48. The average molecular weight is 195 g/mol. The largest absolute Gasteiger partial charge is 0.197 e. The number of thioether (sulfide) groups is 1. The Kier molecular flexibility index (Phi) is 2.12. The predicted molar refractivity (Wildman–Crippen MR) is 52.4 cm³/mol. The van der Waals surface area contributed by atoms with Crippen LogP contribution in [0.5, 0.6) is 0 Å². The topological polar surface area (TPSA) is 23.8 Å². The van der Waals surface area contributed by atoms with E-state index in [9.17, 15) is 0 Å². The van der Waals surface area contributed by atoms with Crippen LogP contribution in [0.3, 0.4) is 0 Å². The summed E-state index contributed by atoms with van der Waals surface area (Å²) < 4.78 is 1.20. The molecule has 1 fully saturated rings. The van der Waals surface area contributed by atoms with E-state index in [2.05, 4.69) is 17.5 Å². The summed E-state index contributed by atoms with van der Waals surface area (Å²) >= 11 is 3.47. The molecule has 0 bridgehead atoms. The molecule has 0 aromatic carbocycles. The highest BCUT2D eigenvalue weighted by Gasteiger charge is 2.38. The Morgan fingerprint density at radius 1 is 1.58 bits per heavy atom. The fourth-order valence-corrected chi connectivity index (χ4v) is 3.60. The molecule has 3 heteroatoms. The summed E-state index contributed by atoms with van der Waals surface area (Å²) in [5.74, 6) is 0. The molecule has 0 amide bonds. The lowest BCUT2D eigenvalue weighted by molar-refractivity contribution is 0.440. The van der Waals surface area contributed by atoms with E-state index in [4.69, 9.17) is 5.26 Å². The lowest BCUT2D eigenvalue weighted by Gasteiger charge is -2.33. The second-order valence-electron chi connectivity index (χ2n) is 2.99. The molecule has 0 unspecified atom stereocenters. The zero-order chi connectivity index (χ0) is 8.44. The molecular formula is C9H9NS2. The fourth-order valence-electron chi connectivity index (χ4n) is 1.25. The number of rotatable bonds is 2. The molecule has 0 atom stereocenters. The lowest BCUT2D eigenvalue weighted by atomic mass is 9.86. The molecule has 0 aliphatic heterocycles. The van der Waals surface area contributed by atoms with Crippen LogP contribution in [-0.2, 0) is 0 Å². The van der Waals surface area contributed by atoms with Crippen LogP contribution >= 0.6 is 23.1 Å². The highest BCUT2D eigenvalue weighted by atomic mass is 32.2. The Labute approximate surface area is 80.4 Å². The molecule has 1 saturated carbocycles. The number of hydrogen-bond acceptors (Lipinski definition) is 3. The monoisotopic (exact) mass is 195 g/mol. The van der Waals surface area contributed by atoms with Gasteiger partial charge in [0.05, 0.1) is 10.3 Å². The van der Waals surface area contributed by atoms with Crippen molar-refractivity contribution >= 4 is 23.1 Å². The molecule has 12 heavy (non-hydrogen) atoms. The van der Waals surface area contributed by atoms with Crippen LogP contribution in [0.4, 0.5) is 0 Å². The minimum Gasteiger partial charge on any atom is -0.197 e. The van der Waals surface area contributed by atoms with Crippen LogP contribution in [-0.4, -0.2) is 4.75 Å². The first-order chi connectivity index (χ1) is 5.85. The Bertz CT molecular complexity index is 293. The molecule has 1 aromatic rings. The van der Waals surface area contributed by atoms with Gasteiger partial charge in [0, 0.05) is 0 Å². The first-order valence-electron chi connectivity index (χ1n) is 3.98. The van der Waals surface area contributed by atoms with E-state index in [1.54, 1.807) is 23.1 Å². The van der Waals surface area contributed by atoms with Crippen LogP contribution in [0.1, 0.15) is 19.3 Å². The van der Waals surface area contributed by atoms with E-state index in [1.807, 2.05) is 6.07 Å². The molecule has 1 aliphatic rings. The van der Waals surface area contributed by atoms with Crippen molar-refractivity contribution in [1.29, 1.82) is 5.26 Å². The van der Waals surface area contributed by atoms with E-state index < -0.39 is 0 Å². The van der Waals surface area contributed by atoms with Crippen molar-refractivity contribution in [3.8, 4) is 6.07 Å². The Balaban J connectivity index is 2.08. The van der Waals surface area contributed by atoms with Gasteiger partial charge in [0.15, 0.2) is 0 Å². The van der Waals surface area contributed by atoms with Crippen LogP contribution in [0.2, 0.25) is 0 Å². The molecule has 2 rings (SSSR count). The number of hydrogen-bond donors (Lipinski definition) is 0. The van der Waals surface area contributed by atoms with Crippen molar-refractivity contribution in [3.63, 3.8) is 0 Å². The predicted octanol–water partition coefficient (Wildman–Crippen LogP) is 3.29. The maximum atomic E-state index is 8.97. The summed E-state index contributed by atoms with van der Waals surface area (Å²) in [7, 11) is 0. The third-order valence-corrected chi connectivity index (χ3v) is 4.58. The van der Waals surface area contributed by atoms with Crippen molar-refractivity contribution in [2.75, 3.05) is 0 Å². The van der Waals surface area contributed by atoms with Gasteiger partial charge >= 0.3 is 0 Å².